The zero-order valence-corrected chi connectivity index (χ0v) is 14.6. The smallest absolute Gasteiger partial charge is 0.419 e. The average molecular weight is 381 g/mol. The van der Waals surface area contributed by atoms with Crippen LogP contribution in [0, 0.1) is 0 Å². The Labute approximate surface area is 153 Å². The summed E-state index contributed by atoms with van der Waals surface area (Å²) < 4.78 is 44.2. The molecule has 0 fully saturated rings. The second-order valence-electron chi connectivity index (χ2n) is 5.93. The predicted octanol–water partition coefficient (Wildman–Crippen LogP) is 4.30. The number of para-hydroxylation sites is 1. The number of hydrogen-bond acceptors (Lipinski definition) is 3. The second kappa shape index (κ2) is 8.11. The standard InChI is InChI=1S/C19H18F3NO4/c1-11(18(25)26)13-6-5-7-14(10-13)23-17(24)12(2)27-16-9-4-3-8-15(16)19(20,21)22/h3-12H,1-2H3,(H,23,24)(H,25,26). The summed E-state index contributed by atoms with van der Waals surface area (Å²) in [5.74, 6) is -2.89. The number of hydrogen-bond donors (Lipinski definition) is 2. The van der Waals surface area contributed by atoms with Gasteiger partial charge in [-0.3, -0.25) is 9.59 Å². The third-order valence-corrected chi connectivity index (χ3v) is 3.89. The van der Waals surface area contributed by atoms with Gasteiger partial charge >= 0.3 is 12.1 Å². The topological polar surface area (TPSA) is 75.6 Å². The molecule has 0 aliphatic carbocycles. The summed E-state index contributed by atoms with van der Waals surface area (Å²) in [6, 6.07) is 10.8. The summed E-state index contributed by atoms with van der Waals surface area (Å²) in [6.07, 6.45) is -5.80. The van der Waals surface area contributed by atoms with Crippen molar-refractivity contribution in [2.24, 2.45) is 0 Å². The van der Waals surface area contributed by atoms with E-state index in [9.17, 15) is 22.8 Å². The highest BCUT2D eigenvalue weighted by Crippen LogP contribution is 2.36. The van der Waals surface area contributed by atoms with Crippen LogP contribution in [0.4, 0.5) is 18.9 Å². The summed E-state index contributed by atoms with van der Waals surface area (Å²) in [5, 5.41) is 11.6. The Balaban J connectivity index is 2.11. The van der Waals surface area contributed by atoms with Gasteiger partial charge in [0.15, 0.2) is 6.10 Å². The van der Waals surface area contributed by atoms with Crippen LogP contribution in [-0.4, -0.2) is 23.1 Å². The monoisotopic (exact) mass is 381 g/mol. The minimum atomic E-state index is -4.60. The van der Waals surface area contributed by atoms with Crippen molar-refractivity contribution in [3.05, 3.63) is 59.7 Å². The predicted molar refractivity (Wildman–Crippen MR) is 92.7 cm³/mol. The molecule has 0 saturated heterocycles. The van der Waals surface area contributed by atoms with E-state index in [1.807, 2.05) is 0 Å². The Morgan fingerprint density at radius 1 is 1.07 bits per heavy atom. The van der Waals surface area contributed by atoms with E-state index in [1.165, 1.54) is 32.0 Å². The Kier molecular flexibility index (Phi) is 6.09. The van der Waals surface area contributed by atoms with Crippen LogP contribution in [0.25, 0.3) is 0 Å². The van der Waals surface area contributed by atoms with E-state index in [0.29, 0.717) is 11.3 Å². The van der Waals surface area contributed by atoms with Crippen LogP contribution in [0.1, 0.15) is 30.9 Å². The number of ether oxygens (including phenoxy) is 1. The molecule has 0 heterocycles. The van der Waals surface area contributed by atoms with Gasteiger partial charge in [0.2, 0.25) is 0 Å². The highest BCUT2D eigenvalue weighted by Gasteiger charge is 2.34. The highest BCUT2D eigenvalue weighted by molar-refractivity contribution is 5.94. The first-order valence-electron chi connectivity index (χ1n) is 8.06. The molecule has 0 bridgehead atoms. The Morgan fingerprint density at radius 2 is 1.74 bits per heavy atom. The Bertz CT molecular complexity index is 836. The maximum atomic E-state index is 13.0. The molecule has 2 atom stereocenters. The van der Waals surface area contributed by atoms with Crippen molar-refractivity contribution in [2.45, 2.75) is 32.0 Å². The zero-order chi connectivity index (χ0) is 20.2. The first kappa shape index (κ1) is 20.3. The molecule has 0 aliphatic heterocycles. The number of carboxylic acid groups (broad SMARTS) is 1. The molecule has 2 aromatic rings. The molecule has 144 valence electrons. The summed E-state index contributed by atoms with van der Waals surface area (Å²) >= 11 is 0. The number of amides is 1. The first-order chi connectivity index (χ1) is 12.6. The van der Waals surface area contributed by atoms with E-state index in [1.54, 1.807) is 18.2 Å². The van der Waals surface area contributed by atoms with Crippen LogP contribution in [-0.2, 0) is 15.8 Å². The van der Waals surface area contributed by atoms with Crippen molar-refractivity contribution in [2.75, 3.05) is 5.32 Å². The quantitative estimate of drug-likeness (QED) is 0.782. The normalized spacial score (nSPS) is 13.5. The number of carbonyl (C=O) groups excluding carboxylic acids is 1. The number of rotatable bonds is 6. The van der Waals surface area contributed by atoms with E-state index in [2.05, 4.69) is 5.32 Å². The molecule has 0 aliphatic rings. The number of carboxylic acids is 1. The molecule has 0 saturated carbocycles. The van der Waals surface area contributed by atoms with Gasteiger partial charge in [-0.05, 0) is 43.7 Å². The third-order valence-electron chi connectivity index (χ3n) is 3.89. The van der Waals surface area contributed by atoms with Crippen molar-refractivity contribution >= 4 is 17.6 Å². The number of carbonyl (C=O) groups is 2. The number of anilines is 1. The SMILES string of the molecule is CC(Oc1ccccc1C(F)(F)F)C(=O)Nc1cccc(C(C)C(=O)O)c1. The number of halogens is 3. The van der Waals surface area contributed by atoms with Gasteiger partial charge in [0.05, 0.1) is 11.5 Å². The molecule has 27 heavy (non-hydrogen) atoms. The summed E-state index contributed by atoms with van der Waals surface area (Å²) in [7, 11) is 0. The van der Waals surface area contributed by atoms with E-state index >= 15 is 0 Å². The average Bonchev–Trinajstić information content (AvgIpc) is 2.60. The fraction of sp³-hybridized carbons (Fsp3) is 0.263. The van der Waals surface area contributed by atoms with Gasteiger partial charge < -0.3 is 15.2 Å². The molecule has 2 aromatic carbocycles. The summed E-state index contributed by atoms with van der Waals surface area (Å²) in [5.41, 5.74) is -0.164. The molecular formula is C19H18F3NO4. The number of nitrogens with one attached hydrogen (secondary N) is 1. The van der Waals surface area contributed by atoms with E-state index < -0.39 is 41.4 Å². The van der Waals surface area contributed by atoms with Crippen LogP contribution in [0.15, 0.2) is 48.5 Å². The van der Waals surface area contributed by atoms with Crippen LogP contribution >= 0.6 is 0 Å². The molecule has 8 heteroatoms. The van der Waals surface area contributed by atoms with E-state index in [0.717, 1.165) is 12.1 Å². The molecule has 5 nitrogen and oxygen atoms in total. The second-order valence-corrected chi connectivity index (χ2v) is 5.93. The van der Waals surface area contributed by atoms with Gasteiger partial charge in [-0.2, -0.15) is 13.2 Å². The lowest BCUT2D eigenvalue weighted by Crippen LogP contribution is -2.30. The Morgan fingerprint density at radius 3 is 2.37 bits per heavy atom. The fourth-order valence-corrected chi connectivity index (χ4v) is 2.32. The van der Waals surface area contributed by atoms with Crippen LogP contribution in [0.5, 0.6) is 5.75 Å². The Hall–Kier alpha value is -3.03. The summed E-state index contributed by atoms with van der Waals surface area (Å²) in [6.45, 7) is 2.83. The van der Waals surface area contributed by atoms with Crippen LogP contribution in [0.3, 0.4) is 0 Å². The minimum absolute atomic E-state index is 0.324. The van der Waals surface area contributed by atoms with Gasteiger partial charge in [-0.15, -0.1) is 0 Å². The van der Waals surface area contributed by atoms with Crippen molar-refractivity contribution in [1.82, 2.24) is 0 Å². The number of aliphatic carboxylic acids is 1. The largest absolute Gasteiger partial charge is 0.481 e. The van der Waals surface area contributed by atoms with E-state index in [4.69, 9.17) is 9.84 Å². The van der Waals surface area contributed by atoms with Crippen LogP contribution < -0.4 is 10.1 Å². The van der Waals surface area contributed by atoms with Gasteiger partial charge in [0.1, 0.15) is 5.75 Å². The highest BCUT2D eigenvalue weighted by atomic mass is 19.4. The fourth-order valence-electron chi connectivity index (χ4n) is 2.32. The van der Waals surface area contributed by atoms with Crippen molar-refractivity contribution in [1.29, 1.82) is 0 Å². The molecule has 0 aromatic heterocycles. The molecule has 0 spiro atoms. The van der Waals surface area contributed by atoms with Crippen molar-refractivity contribution in [3.8, 4) is 5.75 Å². The zero-order valence-electron chi connectivity index (χ0n) is 14.6. The maximum absolute atomic E-state index is 13.0. The van der Waals surface area contributed by atoms with Gasteiger partial charge in [-0.25, -0.2) is 0 Å². The molecule has 2 rings (SSSR count). The van der Waals surface area contributed by atoms with Crippen LogP contribution in [0.2, 0.25) is 0 Å². The first-order valence-corrected chi connectivity index (χ1v) is 8.06. The van der Waals surface area contributed by atoms with Crippen molar-refractivity contribution < 1.29 is 32.6 Å². The molecular weight excluding hydrogens is 363 g/mol. The number of benzene rings is 2. The lowest BCUT2D eigenvalue weighted by Gasteiger charge is -2.18. The van der Waals surface area contributed by atoms with E-state index in [-0.39, 0.29) is 0 Å². The lowest BCUT2D eigenvalue weighted by atomic mass is 10.0. The summed E-state index contributed by atoms with van der Waals surface area (Å²) in [4.78, 5) is 23.3. The lowest BCUT2D eigenvalue weighted by molar-refractivity contribution is -0.140. The molecule has 2 N–H and O–H groups in total. The van der Waals surface area contributed by atoms with Crippen molar-refractivity contribution in [3.63, 3.8) is 0 Å². The van der Waals surface area contributed by atoms with Gasteiger partial charge in [-0.1, -0.05) is 24.3 Å². The molecule has 2 unspecified atom stereocenters. The number of alkyl halides is 3. The van der Waals surface area contributed by atoms with Gasteiger partial charge in [0.25, 0.3) is 5.91 Å². The maximum Gasteiger partial charge on any atom is 0.419 e. The molecule has 0 radical (unpaired) electrons. The minimum Gasteiger partial charge on any atom is -0.481 e. The third kappa shape index (κ3) is 5.22. The molecule has 1 amide bonds. The van der Waals surface area contributed by atoms with Gasteiger partial charge in [0, 0.05) is 5.69 Å².